The predicted molar refractivity (Wildman–Crippen MR) is 46.2 cm³/mol. The third kappa shape index (κ3) is 6.02. The molecule has 0 aliphatic rings. The van der Waals surface area contributed by atoms with E-state index in [0.29, 0.717) is 6.42 Å². The number of rotatable bonds is 6. The van der Waals surface area contributed by atoms with Gasteiger partial charge in [0.25, 0.3) is 0 Å². The average Bonchev–Trinajstić information content (AvgIpc) is 2.13. The van der Waals surface area contributed by atoms with Gasteiger partial charge in [0.05, 0.1) is 7.11 Å². The molecular weight excluding hydrogens is 172 g/mol. The summed E-state index contributed by atoms with van der Waals surface area (Å²) in [6, 6.07) is 0. The highest BCUT2D eigenvalue weighted by Crippen LogP contribution is 1.99. The molecule has 0 spiro atoms. The Labute approximate surface area is 77.3 Å². The van der Waals surface area contributed by atoms with E-state index >= 15 is 0 Å². The Bertz CT molecular complexity index is 208. The molecule has 0 saturated heterocycles. The Balaban J connectivity index is 3.63. The molecule has 0 aromatic carbocycles. The standard InChI is InChI=1S/C9H14O4/c1-3-7(10)4-5-8(11)6-9(12)13-2/h3-6H2,1-2H3. The summed E-state index contributed by atoms with van der Waals surface area (Å²) >= 11 is 0. The molecule has 13 heavy (non-hydrogen) atoms. The van der Waals surface area contributed by atoms with E-state index in [1.807, 2.05) is 0 Å². The zero-order valence-corrected chi connectivity index (χ0v) is 7.96. The molecule has 0 heterocycles. The Morgan fingerprint density at radius 3 is 2.08 bits per heavy atom. The summed E-state index contributed by atoms with van der Waals surface area (Å²) in [5.74, 6) is -0.749. The summed E-state index contributed by atoms with van der Waals surface area (Å²) in [5.41, 5.74) is 0. The maximum Gasteiger partial charge on any atom is 0.313 e. The number of methoxy groups -OCH3 is 1. The molecule has 0 aromatic rings. The molecule has 0 atom stereocenters. The molecule has 74 valence electrons. The minimum atomic E-state index is -0.547. The lowest BCUT2D eigenvalue weighted by Crippen LogP contribution is -2.10. The quantitative estimate of drug-likeness (QED) is 0.456. The summed E-state index contributed by atoms with van der Waals surface area (Å²) < 4.78 is 4.31. The fraction of sp³-hybridized carbons (Fsp3) is 0.667. The normalized spacial score (nSPS) is 9.38. The van der Waals surface area contributed by atoms with Gasteiger partial charge in [-0.2, -0.15) is 0 Å². The van der Waals surface area contributed by atoms with E-state index in [2.05, 4.69) is 4.74 Å². The largest absolute Gasteiger partial charge is 0.469 e. The number of hydrogen-bond donors (Lipinski definition) is 0. The van der Waals surface area contributed by atoms with Crippen molar-refractivity contribution in [3.05, 3.63) is 0 Å². The van der Waals surface area contributed by atoms with Crippen molar-refractivity contribution in [3.63, 3.8) is 0 Å². The molecule has 0 radical (unpaired) electrons. The maximum absolute atomic E-state index is 11.0. The van der Waals surface area contributed by atoms with Crippen LogP contribution in [0.1, 0.15) is 32.6 Å². The third-order valence-corrected chi connectivity index (χ3v) is 1.65. The van der Waals surface area contributed by atoms with Crippen LogP contribution in [0, 0.1) is 0 Å². The average molecular weight is 186 g/mol. The van der Waals surface area contributed by atoms with Gasteiger partial charge in [0.2, 0.25) is 0 Å². The first-order chi connectivity index (χ1) is 6.10. The van der Waals surface area contributed by atoms with Crippen molar-refractivity contribution in [2.75, 3.05) is 7.11 Å². The highest BCUT2D eigenvalue weighted by atomic mass is 16.5. The second-order valence-corrected chi connectivity index (χ2v) is 2.68. The molecule has 0 amide bonds. The van der Waals surface area contributed by atoms with Crippen LogP contribution in [0.15, 0.2) is 0 Å². The number of carbonyl (C=O) groups is 3. The molecule has 4 heteroatoms. The maximum atomic E-state index is 11.0. The van der Waals surface area contributed by atoms with Crippen molar-refractivity contribution in [1.29, 1.82) is 0 Å². The minimum Gasteiger partial charge on any atom is -0.469 e. The van der Waals surface area contributed by atoms with Crippen molar-refractivity contribution in [2.45, 2.75) is 32.6 Å². The van der Waals surface area contributed by atoms with E-state index in [0.717, 1.165) is 0 Å². The lowest BCUT2D eigenvalue weighted by molar-refractivity contribution is -0.143. The molecule has 0 unspecified atom stereocenters. The lowest BCUT2D eigenvalue weighted by Gasteiger charge is -1.98. The summed E-state index contributed by atoms with van der Waals surface area (Å²) in [4.78, 5) is 32.4. The van der Waals surface area contributed by atoms with Crippen LogP contribution in [-0.2, 0) is 19.1 Å². The van der Waals surface area contributed by atoms with Crippen LogP contribution in [0.2, 0.25) is 0 Å². The first-order valence-corrected chi connectivity index (χ1v) is 4.20. The number of carbonyl (C=O) groups excluding carboxylic acids is 3. The van der Waals surface area contributed by atoms with E-state index in [1.165, 1.54) is 7.11 Å². The molecule has 0 aliphatic carbocycles. The van der Waals surface area contributed by atoms with Crippen LogP contribution in [0.25, 0.3) is 0 Å². The first-order valence-electron chi connectivity index (χ1n) is 4.20. The Hall–Kier alpha value is -1.19. The fourth-order valence-corrected chi connectivity index (χ4v) is 0.777. The molecular formula is C9H14O4. The molecule has 0 saturated carbocycles. The van der Waals surface area contributed by atoms with Gasteiger partial charge in [-0.3, -0.25) is 14.4 Å². The first kappa shape index (κ1) is 11.8. The van der Waals surface area contributed by atoms with E-state index < -0.39 is 5.97 Å². The molecule has 0 aromatic heterocycles. The van der Waals surface area contributed by atoms with Crippen molar-refractivity contribution in [2.24, 2.45) is 0 Å². The van der Waals surface area contributed by atoms with Gasteiger partial charge in [-0.05, 0) is 0 Å². The zero-order chi connectivity index (χ0) is 10.3. The Morgan fingerprint density at radius 2 is 1.62 bits per heavy atom. The van der Waals surface area contributed by atoms with E-state index in [9.17, 15) is 14.4 Å². The SMILES string of the molecule is CCC(=O)CCC(=O)CC(=O)OC. The Morgan fingerprint density at radius 1 is 1.08 bits per heavy atom. The van der Waals surface area contributed by atoms with Gasteiger partial charge in [-0.25, -0.2) is 0 Å². The number of ether oxygens (including phenoxy) is 1. The van der Waals surface area contributed by atoms with Gasteiger partial charge in [0.1, 0.15) is 18.0 Å². The predicted octanol–water partition coefficient (Wildman–Crippen LogP) is 0.878. The van der Waals surface area contributed by atoms with Crippen molar-refractivity contribution >= 4 is 17.5 Å². The molecule has 0 N–H and O–H groups in total. The minimum absolute atomic E-state index is 0.0400. The van der Waals surface area contributed by atoms with Crippen LogP contribution in [0.3, 0.4) is 0 Å². The second kappa shape index (κ2) is 6.34. The molecule has 4 nitrogen and oxygen atoms in total. The van der Waals surface area contributed by atoms with Gasteiger partial charge in [-0.1, -0.05) is 6.92 Å². The summed E-state index contributed by atoms with van der Waals surface area (Å²) in [6.45, 7) is 1.74. The van der Waals surface area contributed by atoms with Crippen LogP contribution in [-0.4, -0.2) is 24.6 Å². The van der Waals surface area contributed by atoms with E-state index in [-0.39, 0.29) is 30.8 Å². The van der Waals surface area contributed by atoms with Crippen LogP contribution < -0.4 is 0 Å². The summed E-state index contributed by atoms with van der Waals surface area (Å²) in [6.07, 6.45) is 0.576. The van der Waals surface area contributed by atoms with E-state index in [1.54, 1.807) is 6.92 Å². The molecule has 0 aliphatic heterocycles. The van der Waals surface area contributed by atoms with Crippen molar-refractivity contribution in [3.8, 4) is 0 Å². The van der Waals surface area contributed by atoms with Crippen molar-refractivity contribution < 1.29 is 19.1 Å². The lowest BCUT2D eigenvalue weighted by atomic mass is 10.1. The monoisotopic (exact) mass is 186 g/mol. The number of esters is 1. The fourth-order valence-electron chi connectivity index (χ4n) is 0.777. The summed E-state index contributed by atoms with van der Waals surface area (Å²) in [5, 5.41) is 0. The third-order valence-electron chi connectivity index (χ3n) is 1.65. The van der Waals surface area contributed by atoms with Crippen LogP contribution >= 0.6 is 0 Å². The van der Waals surface area contributed by atoms with Crippen molar-refractivity contribution in [1.82, 2.24) is 0 Å². The topological polar surface area (TPSA) is 60.4 Å². The van der Waals surface area contributed by atoms with Gasteiger partial charge < -0.3 is 4.74 Å². The molecule has 0 fully saturated rings. The van der Waals surface area contributed by atoms with Gasteiger partial charge in [0, 0.05) is 19.3 Å². The molecule has 0 rings (SSSR count). The zero-order valence-electron chi connectivity index (χ0n) is 7.96. The van der Waals surface area contributed by atoms with Gasteiger partial charge in [-0.15, -0.1) is 0 Å². The summed E-state index contributed by atoms with van der Waals surface area (Å²) in [7, 11) is 1.23. The van der Waals surface area contributed by atoms with Crippen LogP contribution in [0.5, 0.6) is 0 Å². The van der Waals surface area contributed by atoms with Gasteiger partial charge in [0.15, 0.2) is 0 Å². The second-order valence-electron chi connectivity index (χ2n) is 2.68. The van der Waals surface area contributed by atoms with E-state index in [4.69, 9.17) is 0 Å². The highest BCUT2D eigenvalue weighted by Gasteiger charge is 2.10. The number of Topliss-reactive ketones (excluding diaryl/α,β-unsaturated/α-hetero) is 2. The van der Waals surface area contributed by atoms with Gasteiger partial charge >= 0.3 is 5.97 Å². The smallest absolute Gasteiger partial charge is 0.313 e. The molecule has 0 bridgehead atoms. The number of hydrogen-bond acceptors (Lipinski definition) is 4. The number of ketones is 2. The Kier molecular flexibility index (Phi) is 5.76. The van der Waals surface area contributed by atoms with Crippen LogP contribution in [0.4, 0.5) is 0 Å². The highest BCUT2D eigenvalue weighted by molar-refractivity contribution is 5.97.